The van der Waals surface area contributed by atoms with Crippen molar-refractivity contribution in [2.75, 3.05) is 7.05 Å². The maximum atomic E-state index is 11.5. The Hall–Kier alpha value is -1.40. The van der Waals surface area contributed by atoms with E-state index in [1.807, 2.05) is 43.4 Å². The summed E-state index contributed by atoms with van der Waals surface area (Å²) in [6, 6.07) is 11.9. The molecule has 1 amide bonds. The van der Waals surface area contributed by atoms with Gasteiger partial charge in [0.15, 0.2) is 0 Å². The van der Waals surface area contributed by atoms with Crippen molar-refractivity contribution in [2.45, 2.75) is 19.5 Å². The summed E-state index contributed by atoms with van der Waals surface area (Å²) in [5.74, 6) is 4.97. The topological polar surface area (TPSA) is 58.4 Å². The molecule has 1 aromatic heterocycles. The molecule has 2 aromatic rings. The van der Waals surface area contributed by atoms with Crippen molar-refractivity contribution in [3.8, 4) is 0 Å². The molecule has 3 N–H and O–H groups in total. The van der Waals surface area contributed by atoms with Crippen molar-refractivity contribution >= 4 is 28.8 Å². The van der Waals surface area contributed by atoms with E-state index in [1.54, 1.807) is 11.3 Å². The van der Waals surface area contributed by atoms with Gasteiger partial charge in [-0.2, -0.15) is 0 Å². The number of nitrogens with two attached hydrogens (primary N) is 1. The molecule has 0 spiro atoms. The third kappa shape index (κ3) is 4.82. The van der Waals surface area contributed by atoms with E-state index in [1.165, 1.54) is 4.88 Å². The predicted molar refractivity (Wildman–Crippen MR) is 87.0 cm³/mol. The van der Waals surface area contributed by atoms with Crippen LogP contribution in [0.25, 0.3) is 0 Å². The number of hydrazine groups is 1. The van der Waals surface area contributed by atoms with Gasteiger partial charge in [-0.05, 0) is 30.3 Å². The van der Waals surface area contributed by atoms with Crippen LogP contribution in [0.2, 0.25) is 4.34 Å². The molecule has 0 radical (unpaired) electrons. The largest absolute Gasteiger partial charge is 0.297 e. The maximum absolute atomic E-state index is 11.5. The summed E-state index contributed by atoms with van der Waals surface area (Å²) < 4.78 is 0.804. The minimum atomic E-state index is -0.185. The molecule has 0 aliphatic carbocycles. The number of carbonyl (C=O) groups is 1. The van der Waals surface area contributed by atoms with Gasteiger partial charge in [0, 0.05) is 18.0 Å². The van der Waals surface area contributed by atoms with Crippen molar-refractivity contribution < 1.29 is 4.79 Å². The quantitative estimate of drug-likeness (QED) is 0.488. The maximum Gasteiger partial charge on any atom is 0.238 e. The molecule has 0 saturated carbocycles. The highest BCUT2D eigenvalue weighted by atomic mass is 35.5. The number of carbonyl (C=O) groups excluding carboxylic acids is 1. The van der Waals surface area contributed by atoms with Gasteiger partial charge >= 0.3 is 0 Å². The number of hydrogen-bond donors (Lipinski definition) is 2. The van der Waals surface area contributed by atoms with Gasteiger partial charge in [0.05, 0.1) is 10.8 Å². The lowest BCUT2D eigenvalue weighted by molar-refractivity contribution is -0.120. The van der Waals surface area contributed by atoms with E-state index >= 15 is 0 Å². The van der Waals surface area contributed by atoms with Crippen molar-refractivity contribution in [2.24, 2.45) is 5.84 Å². The van der Waals surface area contributed by atoms with E-state index in [-0.39, 0.29) is 5.91 Å². The second-order valence-electron chi connectivity index (χ2n) is 4.89. The van der Waals surface area contributed by atoms with Crippen LogP contribution in [0.1, 0.15) is 16.0 Å². The summed E-state index contributed by atoms with van der Waals surface area (Å²) in [7, 11) is 2.05. The second kappa shape index (κ2) is 7.56. The summed E-state index contributed by atoms with van der Waals surface area (Å²) in [5.41, 5.74) is 4.30. The molecule has 112 valence electrons. The normalized spacial score (nSPS) is 10.9. The van der Waals surface area contributed by atoms with Crippen molar-refractivity contribution in [3.05, 3.63) is 56.7 Å². The standard InChI is InChI=1S/C15H18ClN3OS/c1-19(10-13-6-7-14(16)21-13)9-12-5-3-2-4-11(12)8-15(20)18-17/h2-7H,8-10,17H2,1H3,(H,18,20). The van der Waals surface area contributed by atoms with Crippen LogP contribution in [0.4, 0.5) is 0 Å². The molecule has 2 rings (SSSR count). The Morgan fingerprint density at radius 3 is 2.57 bits per heavy atom. The van der Waals surface area contributed by atoms with Gasteiger partial charge in [0.2, 0.25) is 5.91 Å². The molecule has 0 aliphatic rings. The van der Waals surface area contributed by atoms with Crippen molar-refractivity contribution in [1.82, 2.24) is 10.3 Å². The molecule has 6 heteroatoms. The van der Waals surface area contributed by atoms with E-state index in [9.17, 15) is 4.79 Å². The highest BCUT2D eigenvalue weighted by Crippen LogP contribution is 2.23. The van der Waals surface area contributed by atoms with Gasteiger partial charge in [-0.3, -0.25) is 15.1 Å². The summed E-state index contributed by atoms with van der Waals surface area (Å²) in [4.78, 5) is 14.9. The summed E-state index contributed by atoms with van der Waals surface area (Å²) in [6.45, 7) is 1.60. The first-order chi connectivity index (χ1) is 10.1. The number of nitrogens with zero attached hydrogens (tertiary/aromatic N) is 1. The fourth-order valence-electron chi connectivity index (χ4n) is 2.16. The number of amides is 1. The molecule has 0 fully saturated rings. The Bertz CT molecular complexity index is 614. The first-order valence-electron chi connectivity index (χ1n) is 6.57. The number of thiophene rings is 1. The average Bonchev–Trinajstić information content (AvgIpc) is 2.86. The number of benzene rings is 1. The molecule has 0 atom stereocenters. The van der Waals surface area contributed by atoms with Crippen LogP contribution >= 0.6 is 22.9 Å². The van der Waals surface area contributed by atoms with Crippen LogP contribution < -0.4 is 11.3 Å². The van der Waals surface area contributed by atoms with Gasteiger partial charge in [-0.1, -0.05) is 35.9 Å². The van der Waals surface area contributed by atoms with Crippen LogP contribution in [0, 0.1) is 0 Å². The fourth-order valence-corrected chi connectivity index (χ4v) is 3.33. The van der Waals surface area contributed by atoms with E-state index in [0.29, 0.717) is 6.42 Å². The van der Waals surface area contributed by atoms with Gasteiger partial charge in [0.25, 0.3) is 0 Å². The monoisotopic (exact) mass is 323 g/mol. The first kappa shape index (κ1) is 16.0. The number of rotatable bonds is 6. The zero-order chi connectivity index (χ0) is 15.2. The Morgan fingerprint density at radius 2 is 1.95 bits per heavy atom. The van der Waals surface area contributed by atoms with E-state index in [0.717, 1.165) is 28.6 Å². The van der Waals surface area contributed by atoms with Gasteiger partial charge in [-0.25, -0.2) is 5.84 Å². The molecule has 0 saturated heterocycles. The second-order valence-corrected chi connectivity index (χ2v) is 6.69. The van der Waals surface area contributed by atoms with Crippen LogP contribution in [-0.4, -0.2) is 17.9 Å². The van der Waals surface area contributed by atoms with Gasteiger partial charge in [-0.15, -0.1) is 11.3 Å². The van der Waals surface area contributed by atoms with Crippen molar-refractivity contribution in [3.63, 3.8) is 0 Å². The third-order valence-electron chi connectivity index (χ3n) is 3.13. The predicted octanol–water partition coefficient (Wildman–Crippen LogP) is 2.57. The molecule has 0 unspecified atom stereocenters. The summed E-state index contributed by atoms with van der Waals surface area (Å²) >= 11 is 7.53. The zero-order valence-electron chi connectivity index (χ0n) is 11.8. The lowest BCUT2D eigenvalue weighted by atomic mass is 10.0. The SMILES string of the molecule is CN(Cc1ccc(Cl)s1)Cc1ccccc1CC(=O)NN. The van der Waals surface area contributed by atoms with E-state index in [2.05, 4.69) is 10.3 Å². The lowest BCUT2D eigenvalue weighted by Gasteiger charge is -2.18. The molecular weight excluding hydrogens is 306 g/mol. The number of nitrogens with one attached hydrogen (secondary N) is 1. The molecule has 4 nitrogen and oxygen atoms in total. The molecule has 0 bridgehead atoms. The lowest BCUT2D eigenvalue weighted by Crippen LogP contribution is -2.31. The Morgan fingerprint density at radius 1 is 1.24 bits per heavy atom. The fraction of sp³-hybridized carbons (Fsp3) is 0.267. The zero-order valence-corrected chi connectivity index (χ0v) is 13.4. The first-order valence-corrected chi connectivity index (χ1v) is 7.77. The minimum absolute atomic E-state index is 0.185. The van der Waals surface area contributed by atoms with Gasteiger partial charge in [0.1, 0.15) is 0 Å². The van der Waals surface area contributed by atoms with Crippen LogP contribution in [0.15, 0.2) is 36.4 Å². The highest BCUT2D eigenvalue weighted by Gasteiger charge is 2.09. The van der Waals surface area contributed by atoms with Crippen molar-refractivity contribution in [1.29, 1.82) is 0 Å². The van der Waals surface area contributed by atoms with Crippen LogP contribution in [0.3, 0.4) is 0 Å². The van der Waals surface area contributed by atoms with Gasteiger partial charge < -0.3 is 0 Å². The molecule has 0 aliphatic heterocycles. The summed E-state index contributed by atoms with van der Waals surface area (Å²) in [6.07, 6.45) is 0.297. The molecule has 1 heterocycles. The average molecular weight is 324 g/mol. The van der Waals surface area contributed by atoms with Crippen LogP contribution in [-0.2, 0) is 24.3 Å². The molecular formula is C15H18ClN3OS. The number of hydrogen-bond acceptors (Lipinski definition) is 4. The highest BCUT2D eigenvalue weighted by molar-refractivity contribution is 7.16. The van der Waals surface area contributed by atoms with E-state index in [4.69, 9.17) is 17.4 Å². The summed E-state index contributed by atoms with van der Waals surface area (Å²) in [5, 5.41) is 0. The molecule has 1 aromatic carbocycles. The smallest absolute Gasteiger partial charge is 0.238 e. The number of halogens is 1. The molecule has 21 heavy (non-hydrogen) atoms. The third-order valence-corrected chi connectivity index (χ3v) is 4.34. The Kier molecular flexibility index (Phi) is 5.76. The Labute approximate surface area is 133 Å². The van der Waals surface area contributed by atoms with Crippen LogP contribution in [0.5, 0.6) is 0 Å². The Balaban J connectivity index is 2.03. The van der Waals surface area contributed by atoms with E-state index < -0.39 is 0 Å². The minimum Gasteiger partial charge on any atom is -0.297 e.